The zero-order chi connectivity index (χ0) is 13.8. The van der Waals surface area contributed by atoms with Crippen LogP contribution in [-0.4, -0.2) is 18.0 Å². The Labute approximate surface area is 129 Å². The normalized spacial score (nSPS) is 15.1. The molecule has 1 aliphatic heterocycles. The van der Waals surface area contributed by atoms with Gasteiger partial charge in [-0.15, -0.1) is 0 Å². The largest absolute Gasteiger partial charge is 0.299 e. The zero-order valence-corrected chi connectivity index (χ0v) is 13.3. The molecule has 1 nitrogen and oxygen atoms in total. The van der Waals surface area contributed by atoms with E-state index in [1.54, 1.807) is 0 Å². The van der Waals surface area contributed by atoms with Crippen LogP contribution in [0.1, 0.15) is 23.1 Å². The summed E-state index contributed by atoms with van der Waals surface area (Å²) in [7, 11) is 0. The van der Waals surface area contributed by atoms with Crippen LogP contribution >= 0.6 is 15.9 Å². The van der Waals surface area contributed by atoms with Gasteiger partial charge in [0.05, 0.1) is 0 Å². The van der Waals surface area contributed by atoms with E-state index in [0.29, 0.717) is 0 Å². The third-order valence-electron chi connectivity index (χ3n) is 4.04. The van der Waals surface area contributed by atoms with Gasteiger partial charge in [0.2, 0.25) is 0 Å². The third kappa shape index (κ3) is 3.50. The minimum atomic E-state index is 1.11. The number of fused-ring (bicyclic) bond motifs is 1. The SMILES string of the molecule is Brc1ccc2c(c1)CCN(CCCc1ccccc1)C2. The van der Waals surface area contributed by atoms with E-state index in [1.165, 1.54) is 53.5 Å². The minimum Gasteiger partial charge on any atom is -0.299 e. The van der Waals surface area contributed by atoms with E-state index in [2.05, 4.69) is 69.4 Å². The van der Waals surface area contributed by atoms with Gasteiger partial charge in [-0.2, -0.15) is 0 Å². The first-order valence-electron chi connectivity index (χ1n) is 7.35. The van der Waals surface area contributed by atoms with Crippen LogP contribution in [0.3, 0.4) is 0 Å². The van der Waals surface area contributed by atoms with Crippen LogP contribution in [0.15, 0.2) is 53.0 Å². The molecule has 0 radical (unpaired) electrons. The molecular weight excluding hydrogens is 310 g/mol. The Kier molecular flexibility index (Phi) is 4.54. The van der Waals surface area contributed by atoms with Gasteiger partial charge in [0.15, 0.2) is 0 Å². The van der Waals surface area contributed by atoms with Gasteiger partial charge in [0, 0.05) is 17.6 Å². The lowest BCUT2D eigenvalue weighted by Crippen LogP contribution is -2.31. The molecule has 0 spiro atoms. The van der Waals surface area contributed by atoms with Gasteiger partial charge in [0.25, 0.3) is 0 Å². The van der Waals surface area contributed by atoms with Crippen molar-refractivity contribution in [1.29, 1.82) is 0 Å². The minimum absolute atomic E-state index is 1.11. The maximum Gasteiger partial charge on any atom is 0.0236 e. The number of halogens is 1. The fraction of sp³-hybridized carbons (Fsp3) is 0.333. The Morgan fingerprint density at radius 1 is 1.00 bits per heavy atom. The van der Waals surface area contributed by atoms with Crippen LogP contribution in [0.2, 0.25) is 0 Å². The molecule has 1 aliphatic rings. The monoisotopic (exact) mass is 329 g/mol. The molecule has 0 bridgehead atoms. The molecule has 2 aromatic rings. The number of hydrogen-bond donors (Lipinski definition) is 0. The fourth-order valence-electron chi connectivity index (χ4n) is 2.92. The molecule has 1 heterocycles. The second-order valence-electron chi connectivity index (χ2n) is 5.53. The number of aryl methyl sites for hydroxylation is 1. The second-order valence-corrected chi connectivity index (χ2v) is 6.44. The molecule has 0 aromatic heterocycles. The average molecular weight is 330 g/mol. The van der Waals surface area contributed by atoms with Crippen molar-refractivity contribution in [1.82, 2.24) is 4.90 Å². The van der Waals surface area contributed by atoms with Crippen molar-refractivity contribution in [3.05, 3.63) is 69.7 Å². The lowest BCUT2D eigenvalue weighted by atomic mass is 9.99. The predicted molar refractivity (Wildman–Crippen MR) is 87.9 cm³/mol. The quantitative estimate of drug-likeness (QED) is 0.801. The van der Waals surface area contributed by atoms with Crippen LogP contribution in [0.5, 0.6) is 0 Å². The van der Waals surface area contributed by atoms with Crippen molar-refractivity contribution < 1.29 is 0 Å². The summed E-state index contributed by atoms with van der Waals surface area (Å²) in [4.78, 5) is 2.58. The van der Waals surface area contributed by atoms with Crippen molar-refractivity contribution in [2.24, 2.45) is 0 Å². The van der Waals surface area contributed by atoms with E-state index in [0.717, 1.165) is 6.54 Å². The average Bonchev–Trinajstić information content (AvgIpc) is 2.48. The summed E-state index contributed by atoms with van der Waals surface area (Å²) in [5.74, 6) is 0. The maximum atomic E-state index is 3.56. The summed E-state index contributed by atoms with van der Waals surface area (Å²) in [6.07, 6.45) is 3.61. The standard InChI is InChI=1S/C18H20BrN/c19-18-9-8-17-14-20(12-10-16(17)13-18)11-4-7-15-5-2-1-3-6-15/h1-3,5-6,8-9,13H,4,7,10-12,14H2. The van der Waals surface area contributed by atoms with Crippen LogP contribution in [0, 0.1) is 0 Å². The zero-order valence-electron chi connectivity index (χ0n) is 11.7. The smallest absolute Gasteiger partial charge is 0.0236 e. The highest BCUT2D eigenvalue weighted by molar-refractivity contribution is 9.10. The molecule has 0 amide bonds. The van der Waals surface area contributed by atoms with E-state index >= 15 is 0 Å². The Morgan fingerprint density at radius 3 is 2.70 bits per heavy atom. The third-order valence-corrected chi connectivity index (χ3v) is 4.54. The summed E-state index contributed by atoms with van der Waals surface area (Å²) in [5.41, 5.74) is 4.46. The summed E-state index contributed by atoms with van der Waals surface area (Å²) < 4.78 is 1.20. The highest BCUT2D eigenvalue weighted by atomic mass is 79.9. The summed E-state index contributed by atoms with van der Waals surface area (Å²) in [5, 5.41) is 0. The topological polar surface area (TPSA) is 3.24 Å². The number of benzene rings is 2. The number of nitrogens with zero attached hydrogens (tertiary/aromatic N) is 1. The van der Waals surface area contributed by atoms with Crippen LogP contribution < -0.4 is 0 Å². The fourth-order valence-corrected chi connectivity index (χ4v) is 3.33. The second kappa shape index (κ2) is 6.55. The molecule has 0 saturated carbocycles. The highest BCUT2D eigenvalue weighted by Gasteiger charge is 2.15. The molecule has 20 heavy (non-hydrogen) atoms. The first-order valence-corrected chi connectivity index (χ1v) is 8.14. The van der Waals surface area contributed by atoms with Crippen molar-refractivity contribution in [3.63, 3.8) is 0 Å². The number of rotatable bonds is 4. The van der Waals surface area contributed by atoms with Crippen LogP contribution in [0.4, 0.5) is 0 Å². The Morgan fingerprint density at radius 2 is 1.85 bits per heavy atom. The number of hydrogen-bond acceptors (Lipinski definition) is 1. The van der Waals surface area contributed by atoms with Gasteiger partial charge in [-0.25, -0.2) is 0 Å². The Balaban J connectivity index is 1.52. The Hall–Kier alpha value is -1.12. The molecule has 0 fully saturated rings. The van der Waals surface area contributed by atoms with Gasteiger partial charge < -0.3 is 0 Å². The van der Waals surface area contributed by atoms with Crippen LogP contribution in [-0.2, 0) is 19.4 Å². The molecule has 2 heteroatoms. The summed E-state index contributed by atoms with van der Waals surface area (Å²) in [6.45, 7) is 3.50. The molecule has 0 atom stereocenters. The predicted octanol–water partition coefficient (Wildman–Crippen LogP) is 4.44. The van der Waals surface area contributed by atoms with Gasteiger partial charge in [-0.05, 0) is 54.6 Å². The van der Waals surface area contributed by atoms with Crippen molar-refractivity contribution in [3.8, 4) is 0 Å². The first-order chi connectivity index (χ1) is 9.81. The van der Waals surface area contributed by atoms with E-state index in [9.17, 15) is 0 Å². The molecule has 0 aliphatic carbocycles. The Bertz CT molecular complexity index is 565. The van der Waals surface area contributed by atoms with Gasteiger partial charge in [0.1, 0.15) is 0 Å². The summed E-state index contributed by atoms with van der Waals surface area (Å²) in [6, 6.07) is 17.5. The van der Waals surface area contributed by atoms with E-state index in [1.807, 2.05) is 0 Å². The molecule has 3 rings (SSSR count). The highest BCUT2D eigenvalue weighted by Crippen LogP contribution is 2.23. The van der Waals surface area contributed by atoms with Crippen molar-refractivity contribution in [2.45, 2.75) is 25.8 Å². The van der Waals surface area contributed by atoms with Gasteiger partial charge in [-0.3, -0.25) is 4.90 Å². The molecule has 2 aromatic carbocycles. The molecule has 0 unspecified atom stereocenters. The van der Waals surface area contributed by atoms with Crippen molar-refractivity contribution >= 4 is 15.9 Å². The first kappa shape index (κ1) is 13.8. The van der Waals surface area contributed by atoms with Crippen molar-refractivity contribution in [2.75, 3.05) is 13.1 Å². The van der Waals surface area contributed by atoms with E-state index in [4.69, 9.17) is 0 Å². The molecule has 0 saturated heterocycles. The molecular formula is C18H20BrN. The van der Waals surface area contributed by atoms with E-state index in [-0.39, 0.29) is 0 Å². The lowest BCUT2D eigenvalue weighted by molar-refractivity contribution is 0.251. The van der Waals surface area contributed by atoms with Gasteiger partial charge in [-0.1, -0.05) is 52.3 Å². The molecule has 0 N–H and O–H groups in total. The van der Waals surface area contributed by atoms with Gasteiger partial charge >= 0.3 is 0 Å². The van der Waals surface area contributed by atoms with E-state index < -0.39 is 0 Å². The lowest BCUT2D eigenvalue weighted by Gasteiger charge is -2.28. The van der Waals surface area contributed by atoms with Crippen LogP contribution in [0.25, 0.3) is 0 Å². The maximum absolute atomic E-state index is 3.56. The molecule has 104 valence electrons. The summed E-state index contributed by atoms with van der Waals surface area (Å²) >= 11 is 3.56.